The number of urea groups is 1. The van der Waals surface area contributed by atoms with Crippen molar-refractivity contribution in [3.8, 4) is 0 Å². The minimum absolute atomic E-state index is 0.133. The summed E-state index contributed by atoms with van der Waals surface area (Å²) in [4.78, 5) is 48.9. The molecular formula is C23H19ClF5N5O4S. The van der Waals surface area contributed by atoms with Gasteiger partial charge in [-0.1, -0.05) is 11.6 Å². The summed E-state index contributed by atoms with van der Waals surface area (Å²) in [6.07, 6.45) is -6.13. The molecule has 1 saturated heterocycles. The third-order valence-corrected chi connectivity index (χ3v) is 6.66. The number of ether oxygens (including phenoxy) is 1. The molecule has 0 spiro atoms. The van der Waals surface area contributed by atoms with Crippen molar-refractivity contribution in [3.05, 3.63) is 45.9 Å². The zero-order chi connectivity index (χ0) is 29.0. The normalized spacial score (nSPS) is 16.3. The summed E-state index contributed by atoms with van der Waals surface area (Å²) in [5.41, 5.74) is -2.91. The highest BCUT2D eigenvalue weighted by molar-refractivity contribution is 7.16. The summed E-state index contributed by atoms with van der Waals surface area (Å²) in [5, 5.41) is 0.118. The number of carbonyl (C=O) groups excluding carboxylic acids is 3. The number of aromatic nitrogens is 2. The van der Waals surface area contributed by atoms with E-state index >= 15 is 0 Å². The number of carbonyl (C=O) groups is 3. The second kappa shape index (κ2) is 9.86. The molecule has 1 aliphatic rings. The van der Waals surface area contributed by atoms with Gasteiger partial charge < -0.3 is 9.64 Å². The minimum atomic E-state index is -4.95. The lowest BCUT2D eigenvalue weighted by molar-refractivity contribution is -0.139. The molecule has 2 aromatic heterocycles. The van der Waals surface area contributed by atoms with Crippen molar-refractivity contribution in [2.75, 3.05) is 23.4 Å². The summed E-state index contributed by atoms with van der Waals surface area (Å²) >= 11 is 6.46. The number of hydrogen-bond donors (Lipinski definition) is 0. The van der Waals surface area contributed by atoms with Gasteiger partial charge in [0.25, 0.3) is 5.91 Å². The minimum Gasteiger partial charge on any atom is -0.443 e. The van der Waals surface area contributed by atoms with E-state index in [9.17, 15) is 36.3 Å². The summed E-state index contributed by atoms with van der Waals surface area (Å²) in [7, 11) is 1.08. The number of nitrogens with zero attached hydrogens (tertiary/aromatic N) is 5. The van der Waals surface area contributed by atoms with E-state index in [2.05, 4.69) is 9.97 Å². The van der Waals surface area contributed by atoms with Crippen molar-refractivity contribution >= 4 is 62.8 Å². The van der Waals surface area contributed by atoms with Crippen LogP contribution in [0.4, 0.5) is 43.2 Å². The molecule has 0 N–H and O–H groups in total. The maximum atomic E-state index is 14.7. The van der Waals surface area contributed by atoms with Crippen LogP contribution >= 0.6 is 22.9 Å². The average Bonchev–Trinajstić information content (AvgIpc) is 3.43. The first-order valence-electron chi connectivity index (χ1n) is 11.1. The highest BCUT2D eigenvalue weighted by Crippen LogP contribution is 2.37. The third kappa shape index (κ3) is 5.32. The predicted octanol–water partition coefficient (Wildman–Crippen LogP) is 5.85. The molecule has 0 unspecified atom stereocenters. The average molecular weight is 592 g/mol. The van der Waals surface area contributed by atoms with Crippen LogP contribution in [0.5, 0.6) is 0 Å². The van der Waals surface area contributed by atoms with Gasteiger partial charge in [0.2, 0.25) is 5.95 Å². The molecule has 3 heterocycles. The van der Waals surface area contributed by atoms with Crippen LogP contribution in [0.2, 0.25) is 5.02 Å². The van der Waals surface area contributed by atoms with Crippen molar-refractivity contribution in [2.24, 2.45) is 0 Å². The Morgan fingerprint density at radius 3 is 2.44 bits per heavy atom. The Balaban J connectivity index is 1.83. The van der Waals surface area contributed by atoms with Crippen LogP contribution in [0.15, 0.2) is 23.6 Å². The number of alkyl halides is 3. The van der Waals surface area contributed by atoms with Crippen LogP contribution in [-0.4, -0.2) is 58.1 Å². The number of likely N-dealkylation sites (N-methyl/N-ethyl adjacent to an activating group) is 1. The van der Waals surface area contributed by atoms with Crippen molar-refractivity contribution in [1.82, 2.24) is 14.9 Å². The first-order chi connectivity index (χ1) is 18.0. The zero-order valence-corrected chi connectivity index (χ0v) is 22.2. The fraction of sp³-hybridized carbons (Fsp3) is 0.348. The van der Waals surface area contributed by atoms with Crippen LogP contribution in [0.3, 0.4) is 0 Å². The molecule has 39 heavy (non-hydrogen) atoms. The molecule has 1 aromatic carbocycles. The molecule has 4 amide bonds. The number of hydrogen-bond acceptors (Lipinski definition) is 7. The molecule has 3 aromatic rings. The number of amides is 4. The zero-order valence-electron chi connectivity index (χ0n) is 20.6. The lowest BCUT2D eigenvalue weighted by Crippen LogP contribution is -2.47. The van der Waals surface area contributed by atoms with E-state index in [1.165, 1.54) is 26.2 Å². The Bertz CT molecular complexity index is 1490. The van der Waals surface area contributed by atoms with Crippen molar-refractivity contribution in [2.45, 2.75) is 38.6 Å². The molecule has 16 heteroatoms. The fourth-order valence-electron chi connectivity index (χ4n) is 3.76. The quantitative estimate of drug-likeness (QED) is 0.280. The predicted molar refractivity (Wildman–Crippen MR) is 132 cm³/mol. The van der Waals surface area contributed by atoms with E-state index in [1.807, 2.05) is 0 Å². The number of halogens is 6. The van der Waals surface area contributed by atoms with E-state index in [0.29, 0.717) is 14.7 Å². The van der Waals surface area contributed by atoms with Gasteiger partial charge in [-0.25, -0.2) is 38.1 Å². The first-order valence-corrected chi connectivity index (χ1v) is 12.3. The molecule has 0 aliphatic carbocycles. The monoisotopic (exact) mass is 591 g/mol. The van der Waals surface area contributed by atoms with E-state index in [1.54, 1.807) is 0 Å². The maximum absolute atomic E-state index is 14.7. The summed E-state index contributed by atoms with van der Waals surface area (Å²) < 4.78 is 75.1. The highest BCUT2D eigenvalue weighted by Gasteiger charge is 2.50. The Hall–Kier alpha value is -3.59. The van der Waals surface area contributed by atoms with Gasteiger partial charge in [0.05, 0.1) is 12.2 Å². The van der Waals surface area contributed by atoms with Crippen molar-refractivity contribution in [1.29, 1.82) is 0 Å². The smallest absolute Gasteiger partial charge is 0.434 e. The number of imide groups is 1. The van der Waals surface area contributed by atoms with Gasteiger partial charge in [-0.3, -0.25) is 4.79 Å². The van der Waals surface area contributed by atoms with Gasteiger partial charge in [-0.05, 0) is 44.4 Å². The molecule has 4 rings (SSSR count). The summed E-state index contributed by atoms with van der Waals surface area (Å²) in [6, 6.07) is -0.0761. The van der Waals surface area contributed by atoms with E-state index in [0.717, 1.165) is 36.6 Å². The maximum Gasteiger partial charge on any atom is 0.434 e. The third-order valence-electron chi connectivity index (χ3n) is 5.51. The van der Waals surface area contributed by atoms with Crippen LogP contribution in [0, 0.1) is 11.6 Å². The van der Waals surface area contributed by atoms with E-state index < -0.39 is 76.4 Å². The molecule has 1 fully saturated rings. The first kappa shape index (κ1) is 28.4. The molecule has 0 bridgehead atoms. The number of thiophene rings is 1. The lowest BCUT2D eigenvalue weighted by Gasteiger charge is -2.26. The van der Waals surface area contributed by atoms with Gasteiger partial charge in [-0.15, -0.1) is 11.3 Å². The summed E-state index contributed by atoms with van der Waals surface area (Å²) in [6.45, 7) is 3.86. The molecule has 208 valence electrons. The molecule has 1 atom stereocenters. The van der Waals surface area contributed by atoms with Gasteiger partial charge in [0.15, 0.2) is 11.5 Å². The van der Waals surface area contributed by atoms with Gasteiger partial charge in [-0.2, -0.15) is 13.2 Å². The topological polar surface area (TPSA) is 95.9 Å². The Kier molecular flexibility index (Phi) is 7.19. The Morgan fingerprint density at radius 2 is 1.82 bits per heavy atom. The Morgan fingerprint density at radius 1 is 1.15 bits per heavy atom. The van der Waals surface area contributed by atoms with Crippen LogP contribution < -0.4 is 9.80 Å². The second-order valence-corrected chi connectivity index (χ2v) is 10.6. The van der Waals surface area contributed by atoms with Gasteiger partial charge in [0.1, 0.15) is 27.3 Å². The second-order valence-electron chi connectivity index (χ2n) is 9.36. The number of benzene rings is 1. The van der Waals surface area contributed by atoms with Crippen molar-refractivity contribution < 1.29 is 41.1 Å². The van der Waals surface area contributed by atoms with E-state index in [4.69, 9.17) is 16.3 Å². The molecule has 0 saturated carbocycles. The van der Waals surface area contributed by atoms with Gasteiger partial charge in [0, 0.05) is 12.4 Å². The standard InChI is InChI=1S/C23H19ClF5N5O4S/c1-22(2,3)38-21(37)33-9-13(18(35)32(4)12-6-5-11(25)14(24)15(12)26)34(20(33)36)19-30-16(23(27,28)29)10-7-8-39-17(10)31-19/h5-8,13H,9H2,1-4H3/t13-/m0/s1. The number of rotatable bonds is 3. The lowest BCUT2D eigenvalue weighted by atomic mass is 10.2. The SMILES string of the molecule is CN(C(=O)[C@@H]1CN(C(=O)OC(C)(C)C)C(=O)N1c1nc(C(F)(F)F)c2ccsc2n1)c1ccc(F)c(Cl)c1F. The molecule has 1 aliphatic heterocycles. The Labute approximate surface area is 226 Å². The van der Waals surface area contributed by atoms with Crippen molar-refractivity contribution in [3.63, 3.8) is 0 Å². The molecule has 0 radical (unpaired) electrons. The summed E-state index contributed by atoms with van der Waals surface area (Å²) in [5.74, 6) is -4.25. The molecule has 9 nitrogen and oxygen atoms in total. The fourth-order valence-corrected chi connectivity index (χ4v) is 4.68. The van der Waals surface area contributed by atoms with Crippen LogP contribution in [-0.2, 0) is 15.7 Å². The number of anilines is 2. The molecular weight excluding hydrogens is 573 g/mol. The van der Waals surface area contributed by atoms with E-state index in [-0.39, 0.29) is 10.2 Å². The highest BCUT2D eigenvalue weighted by atomic mass is 35.5. The van der Waals surface area contributed by atoms with Crippen LogP contribution in [0.25, 0.3) is 10.2 Å². The number of fused-ring (bicyclic) bond motifs is 1. The van der Waals surface area contributed by atoms with Gasteiger partial charge >= 0.3 is 18.3 Å². The van der Waals surface area contributed by atoms with Crippen LogP contribution in [0.1, 0.15) is 26.5 Å². The largest absolute Gasteiger partial charge is 0.443 e.